The molecule has 1 rings (SSSR count). The zero-order chi connectivity index (χ0) is 22.6. The Balaban J connectivity index is 2.42. The molecule has 0 bridgehead atoms. The van der Waals surface area contributed by atoms with Crippen molar-refractivity contribution in [2.45, 2.75) is 169 Å². The highest BCUT2D eigenvalue weighted by molar-refractivity contribution is 4.79. The van der Waals surface area contributed by atoms with Gasteiger partial charge in [-0.2, -0.15) is 0 Å². The third kappa shape index (κ3) is 14.7. The first-order chi connectivity index (χ1) is 15.2. The Morgan fingerprint density at radius 3 is 1.58 bits per heavy atom. The maximum Gasteiger partial charge on any atom is 0.00952 e. The summed E-state index contributed by atoms with van der Waals surface area (Å²) in [7, 11) is 0. The van der Waals surface area contributed by atoms with Crippen molar-refractivity contribution in [2.75, 3.05) is 13.1 Å². The number of nitrogens with zero attached hydrogens (tertiary/aromatic N) is 1. The minimum Gasteiger partial charge on any atom is -0.300 e. The molecule has 2 unspecified atom stereocenters. The zero-order valence-corrected chi connectivity index (χ0v) is 22.4. The SMILES string of the molecule is CCCCCCCC(C)C1CCCN(C(CCCCCCC)CCCCCCC)CC1. The van der Waals surface area contributed by atoms with Gasteiger partial charge in [-0.3, -0.25) is 0 Å². The monoisotopic (exact) mass is 435 g/mol. The van der Waals surface area contributed by atoms with E-state index in [0.29, 0.717) is 0 Å². The first-order valence-electron chi connectivity index (χ1n) is 15.0. The van der Waals surface area contributed by atoms with Crippen LogP contribution >= 0.6 is 0 Å². The van der Waals surface area contributed by atoms with Gasteiger partial charge in [0.05, 0.1) is 0 Å². The van der Waals surface area contributed by atoms with Gasteiger partial charge in [-0.15, -0.1) is 0 Å². The largest absolute Gasteiger partial charge is 0.300 e. The van der Waals surface area contributed by atoms with Crippen LogP contribution in [0.1, 0.15) is 163 Å². The first-order valence-corrected chi connectivity index (χ1v) is 15.0. The average Bonchev–Trinajstić information content (AvgIpc) is 3.03. The number of rotatable bonds is 20. The second-order valence-electron chi connectivity index (χ2n) is 11.0. The van der Waals surface area contributed by atoms with Gasteiger partial charge in [-0.25, -0.2) is 0 Å². The van der Waals surface area contributed by atoms with Crippen LogP contribution in [0.4, 0.5) is 0 Å². The van der Waals surface area contributed by atoms with Gasteiger partial charge in [-0.05, 0) is 57.0 Å². The van der Waals surface area contributed by atoms with E-state index in [1.807, 2.05) is 0 Å². The van der Waals surface area contributed by atoms with Crippen molar-refractivity contribution >= 4 is 0 Å². The molecule has 1 nitrogen and oxygen atoms in total. The van der Waals surface area contributed by atoms with Crippen LogP contribution in [-0.2, 0) is 0 Å². The highest BCUT2D eigenvalue weighted by Gasteiger charge is 2.25. The van der Waals surface area contributed by atoms with Gasteiger partial charge in [0.15, 0.2) is 0 Å². The van der Waals surface area contributed by atoms with Crippen molar-refractivity contribution in [1.29, 1.82) is 0 Å². The van der Waals surface area contributed by atoms with Crippen molar-refractivity contribution in [3.05, 3.63) is 0 Å². The lowest BCUT2D eigenvalue weighted by Crippen LogP contribution is -2.36. The third-order valence-corrected chi connectivity index (χ3v) is 8.17. The number of likely N-dealkylation sites (tertiary alicyclic amines) is 1. The molecule has 1 heteroatoms. The van der Waals surface area contributed by atoms with E-state index in [1.54, 1.807) is 0 Å². The van der Waals surface area contributed by atoms with E-state index in [1.165, 1.54) is 148 Å². The minimum atomic E-state index is 0.881. The predicted octanol–water partition coefficient (Wildman–Crippen LogP) is 10.2. The summed E-state index contributed by atoms with van der Waals surface area (Å²) in [5.41, 5.74) is 0. The molecule has 31 heavy (non-hydrogen) atoms. The highest BCUT2D eigenvalue weighted by atomic mass is 15.2. The maximum absolute atomic E-state index is 2.95. The number of unbranched alkanes of at least 4 members (excludes halogenated alkanes) is 12. The van der Waals surface area contributed by atoms with Gasteiger partial charge in [0, 0.05) is 6.04 Å². The molecule has 2 atom stereocenters. The summed E-state index contributed by atoms with van der Waals surface area (Å²) in [4.78, 5) is 2.95. The molecule has 1 aliphatic rings. The smallest absolute Gasteiger partial charge is 0.00952 e. The molecule has 1 aliphatic heterocycles. The molecule has 0 radical (unpaired) electrons. The lowest BCUT2D eigenvalue weighted by atomic mass is 9.84. The molecular weight excluding hydrogens is 374 g/mol. The van der Waals surface area contributed by atoms with E-state index in [-0.39, 0.29) is 0 Å². The zero-order valence-electron chi connectivity index (χ0n) is 22.4. The average molecular weight is 436 g/mol. The van der Waals surface area contributed by atoms with Gasteiger partial charge in [0.2, 0.25) is 0 Å². The third-order valence-electron chi connectivity index (χ3n) is 8.17. The van der Waals surface area contributed by atoms with E-state index in [0.717, 1.165) is 17.9 Å². The highest BCUT2D eigenvalue weighted by Crippen LogP contribution is 2.30. The van der Waals surface area contributed by atoms with Crippen molar-refractivity contribution in [3.63, 3.8) is 0 Å². The van der Waals surface area contributed by atoms with Crippen molar-refractivity contribution in [1.82, 2.24) is 4.90 Å². The second kappa shape index (κ2) is 20.6. The summed E-state index contributed by atoms with van der Waals surface area (Å²) in [6.07, 6.45) is 30.4. The van der Waals surface area contributed by atoms with Crippen LogP contribution in [0.15, 0.2) is 0 Å². The van der Waals surface area contributed by atoms with Gasteiger partial charge in [-0.1, -0.05) is 130 Å². The minimum absolute atomic E-state index is 0.881. The van der Waals surface area contributed by atoms with Crippen molar-refractivity contribution in [2.24, 2.45) is 11.8 Å². The fourth-order valence-electron chi connectivity index (χ4n) is 5.86. The van der Waals surface area contributed by atoms with Crippen LogP contribution in [0.2, 0.25) is 0 Å². The topological polar surface area (TPSA) is 3.24 Å². The molecule has 0 aliphatic carbocycles. The molecule has 1 saturated heterocycles. The molecule has 186 valence electrons. The van der Waals surface area contributed by atoms with Crippen molar-refractivity contribution < 1.29 is 0 Å². The maximum atomic E-state index is 2.95. The Bertz CT molecular complexity index is 351. The lowest BCUT2D eigenvalue weighted by Gasteiger charge is -2.31. The Morgan fingerprint density at radius 2 is 1.06 bits per heavy atom. The molecule has 0 aromatic carbocycles. The molecular formula is C30H61N. The van der Waals surface area contributed by atoms with Gasteiger partial charge >= 0.3 is 0 Å². The van der Waals surface area contributed by atoms with Gasteiger partial charge in [0.1, 0.15) is 0 Å². The van der Waals surface area contributed by atoms with E-state index in [2.05, 4.69) is 32.6 Å². The fourth-order valence-corrected chi connectivity index (χ4v) is 5.86. The Hall–Kier alpha value is -0.0400. The van der Waals surface area contributed by atoms with Crippen LogP contribution in [-0.4, -0.2) is 24.0 Å². The molecule has 0 N–H and O–H groups in total. The molecule has 0 aromatic heterocycles. The Kier molecular flexibility index (Phi) is 19.2. The summed E-state index contributed by atoms with van der Waals surface area (Å²) in [5, 5.41) is 0. The summed E-state index contributed by atoms with van der Waals surface area (Å²) < 4.78 is 0. The fraction of sp³-hybridized carbons (Fsp3) is 1.00. The number of hydrogen-bond acceptors (Lipinski definition) is 1. The molecule has 1 heterocycles. The molecule has 0 saturated carbocycles. The van der Waals surface area contributed by atoms with Crippen LogP contribution in [0, 0.1) is 11.8 Å². The van der Waals surface area contributed by atoms with Crippen LogP contribution < -0.4 is 0 Å². The van der Waals surface area contributed by atoms with E-state index >= 15 is 0 Å². The molecule has 1 fully saturated rings. The van der Waals surface area contributed by atoms with E-state index in [4.69, 9.17) is 0 Å². The Morgan fingerprint density at radius 1 is 0.581 bits per heavy atom. The summed E-state index contributed by atoms with van der Waals surface area (Å²) in [5.74, 6) is 1.94. The first kappa shape index (κ1) is 29.0. The van der Waals surface area contributed by atoms with Crippen LogP contribution in [0.3, 0.4) is 0 Å². The van der Waals surface area contributed by atoms with E-state index < -0.39 is 0 Å². The normalized spacial score (nSPS) is 19.1. The summed E-state index contributed by atoms with van der Waals surface area (Å²) in [6, 6.07) is 0.881. The molecule has 0 aromatic rings. The quantitative estimate of drug-likeness (QED) is 0.172. The van der Waals surface area contributed by atoms with Crippen LogP contribution in [0.25, 0.3) is 0 Å². The standard InChI is InChI=1S/C30H61N/c1-5-8-11-14-17-21-28(4)29-22-20-26-31(27-25-29)30(23-18-15-12-9-6-2)24-19-16-13-10-7-3/h28-30H,5-27H2,1-4H3. The number of hydrogen-bond donors (Lipinski definition) is 0. The molecule has 0 amide bonds. The predicted molar refractivity (Wildman–Crippen MR) is 142 cm³/mol. The van der Waals surface area contributed by atoms with Gasteiger partial charge < -0.3 is 4.90 Å². The lowest BCUT2D eigenvalue weighted by molar-refractivity contribution is 0.171. The Labute approximate surface area is 198 Å². The molecule has 0 spiro atoms. The summed E-state index contributed by atoms with van der Waals surface area (Å²) in [6.45, 7) is 12.3. The van der Waals surface area contributed by atoms with Crippen molar-refractivity contribution in [3.8, 4) is 0 Å². The van der Waals surface area contributed by atoms with Crippen LogP contribution in [0.5, 0.6) is 0 Å². The van der Waals surface area contributed by atoms with E-state index in [9.17, 15) is 0 Å². The van der Waals surface area contributed by atoms with Gasteiger partial charge in [0.25, 0.3) is 0 Å². The summed E-state index contributed by atoms with van der Waals surface area (Å²) >= 11 is 0. The second-order valence-corrected chi connectivity index (χ2v) is 11.0.